The number of nitrogens with zero attached hydrogens (tertiary/aromatic N) is 2. The van der Waals surface area contributed by atoms with Crippen LogP contribution >= 0.6 is 0 Å². The fourth-order valence-corrected chi connectivity index (χ4v) is 2.75. The molecule has 25 heavy (non-hydrogen) atoms. The fraction of sp³-hybridized carbons (Fsp3) is 0.250. The zero-order valence-corrected chi connectivity index (χ0v) is 14.5. The third-order valence-corrected chi connectivity index (χ3v) is 3.97. The number of fused-ring (bicyclic) bond motifs is 1. The predicted octanol–water partition coefficient (Wildman–Crippen LogP) is 3.48. The molecule has 2 N–H and O–H groups in total. The summed E-state index contributed by atoms with van der Waals surface area (Å²) < 4.78 is 0. The number of carbonyl (C=O) groups is 1. The van der Waals surface area contributed by atoms with Crippen molar-refractivity contribution in [1.29, 1.82) is 0 Å². The number of amides is 1. The topological polar surface area (TPSA) is 66.9 Å². The van der Waals surface area contributed by atoms with Crippen LogP contribution in [0.3, 0.4) is 0 Å². The molecule has 0 bridgehead atoms. The standard InChI is InChI=1S/C20H22N4O/c1-14-6-7-19-17(11-14)18(12-15(2)24-19)20(25)23-10-4-9-22-16-5-3-8-21-13-16/h3,5-8,11-13,22H,4,9-10H2,1-2H3,(H,23,25). The Kier molecular flexibility index (Phi) is 5.23. The summed E-state index contributed by atoms with van der Waals surface area (Å²) in [7, 11) is 0. The lowest BCUT2D eigenvalue weighted by atomic mass is 10.0. The van der Waals surface area contributed by atoms with Gasteiger partial charge in [-0.3, -0.25) is 14.8 Å². The van der Waals surface area contributed by atoms with Gasteiger partial charge < -0.3 is 10.6 Å². The number of carbonyl (C=O) groups excluding carboxylic acids is 1. The summed E-state index contributed by atoms with van der Waals surface area (Å²) in [6, 6.07) is 11.7. The van der Waals surface area contributed by atoms with E-state index in [1.54, 1.807) is 12.4 Å². The van der Waals surface area contributed by atoms with E-state index in [0.29, 0.717) is 12.1 Å². The molecule has 5 nitrogen and oxygen atoms in total. The molecular weight excluding hydrogens is 312 g/mol. The van der Waals surface area contributed by atoms with Crippen LogP contribution in [0.4, 0.5) is 5.69 Å². The van der Waals surface area contributed by atoms with Crippen LogP contribution in [0.1, 0.15) is 28.0 Å². The maximum absolute atomic E-state index is 12.6. The second kappa shape index (κ2) is 7.75. The lowest BCUT2D eigenvalue weighted by molar-refractivity contribution is 0.0955. The van der Waals surface area contributed by atoms with Gasteiger partial charge in [-0.05, 0) is 50.6 Å². The van der Waals surface area contributed by atoms with Gasteiger partial charge in [0.25, 0.3) is 5.91 Å². The summed E-state index contributed by atoms with van der Waals surface area (Å²) in [6.07, 6.45) is 4.36. The number of hydrogen-bond acceptors (Lipinski definition) is 4. The number of benzene rings is 1. The van der Waals surface area contributed by atoms with E-state index in [-0.39, 0.29) is 5.91 Å². The first kappa shape index (κ1) is 16.9. The average Bonchev–Trinajstić information content (AvgIpc) is 2.62. The molecule has 3 rings (SSSR count). The number of anilines is 1. The Hall–Kier alpha value is -2.95. The van der Waals surface area contributed by atoms with Gasteiger partial charge >= 0.3 is 0 Å². The fourth-order valence-electron chi connectivity index (χ4n) is 2.75. The number of pyridine rings is 2. The Balaban J connectivity index is 1.60. The highest BCUT2D eigenvalue weighted by molar-refractivity contribution is 6.06. The summed E-state index contributed by atoms with van der Waals surface area (Å²) in [5, 5.41) is 7.18. The summed E-state index contributed by atoms with van der Waals surface area (Å²) in [4.78, 5) is 21.2. The van der Waals surface area contributed by atoms with Gasteiger partial charge in [0.05, 0.1) is 16.8 Å². The smallest absolute Gasteiger partial charge is 0.252 e. The predicted molar refractivity (Wildman–Crippen MR) is 101 cm³/mol. The van der Waals surface area contributed by atoms with Gasteiger partial charge in [0, 0.05) is 36.6 Å². The van der Waals surface area contributed by atoms with Gasteiger partial charge in [0.15, 0.2) is 0 Å². The molecule has 0 aliphatic carbocycles. The molecule has 1 amide bonds. The minimum Gasteiger partial charge on any atom is -0.384 e. The summed E-state index contributed by atoms with van der Waals surface area (Å²) >= 11 is 0. The number of nitrogens with one attached hydrogen (secondary N) is 2. The monoisotopic (exact) mass is 334 g/mol. The zero-order valence-electron chi connectivity index (χ0n) is 14.5. The molecule has 0 aliphatic heterocycles. The second-order valence-electron chi connectivity index (χ2n) is 6.11. The van der Waals surface area contributed by atoms with Crippen molar-refractivity contribution in [2.75, 3.05) is 18.4 Å². The number of aromatic nitrogens is 2. The van der Waals surface area contributed by atoms with Gasteiger partial charge in [-0.2, -0.15) is 0 Å². The van der Waals surface area contributed by atoms with Crippen molar-refractivity contribution in [3.8, 4) is 0 Å². The highest BCUT2D eigenvalue weighted by Gasteiger charge is 2.11. The van der Waals surface area contributed by atoms with Gasteiger partial charge in [0.2, 0.25) is 0 Å². The Morgan fingerprint density at radius 1 is 1.12 bits per heavy atom. The molecule has 5 heteroatoms. The molecule has 0 aliphatic rings. The highest BCUT2D eigenvalue weighted by Crippen LogP contribution is 2.20. The molecule has 3 aromatic rings. The number of rotatable bonds is 6. The van der Waals surface area contributed by atoms with Crippen LogP contribution in [0.5, 0.6) is 0 Å². The lowest BCUT2D eigenvalue weighted by Gasteiger charge is -2.10. The third-order valence-electron chi connectivity index (χ3n) is 3.97. The van der Waals surface area contributed by atoms with Crippen molar-refractivity contribution in [2.24, 2.45) is 0 Å². The van der Waals surface area contributed by atoms with Gasteiger partial charge in [-0.1, -0.05) is 11.6 Å². The van der Waals surface area contributed by atoms with E-state index in [4.69, 9.17) is 0 Å². The molecule has 2 aromatic heterocycles. The van der Waals surface area contributed by atoms with Crippen molar-refractivity contribution in [2.45, 2.75) is 20.3 Å². The number of aryl methyl sites for hydroxylation is 2. The van der Waals surface area contributed by atoms with E-state index in [1.807, 2.05) is 50.2 Å². The van der Waals surface area contributed by atoms with Crippen LogP contribution < -0.4 is 10.6 Å². The van der Waals surface area contributed by atoms with Crippen LogP contribution in [-0.2, 0) is 0 Å². The quantitative estimate of drug-likeness (QED) is 0.677. The second-order valence-corrected chi connectivity index (χ2v) is 6.11. The Bertz CT molecular complexity index is 878. The van der Waals surface area contributed by atoms with Crippen LogP contribution in [0.15, 0.2) is 48.8 Å². The molecular formula is C20H22N4O. The first-order valence-electron chi connectivity index (χ1n) is 8.43. The van der Waals surface area contributed by atoms with Crippen molar-refractivity contribution in [3.05, 3.63) is 65.6 Å². The van der Waals surface area contributed by atoms with Crippen LogP contribution in [-0.4, -0.2) is 29.0 Å². The van der Waals surface area contributed by atoms with E-state index < -0.39 is 0 Å². The molecule has 2 heterocycles. The SMILES string of the molecule is Cc1ccc2nc(C)cc(C(=O)NCCCNc3cccnc3)c2c1. The van der Waals surface area contributed by atoms with Crippen LogP contribution in [0.2, 0.25) is 0 Å². The lowest BCUT2D eigenvalue weighted by Crippen LogP contribution is -2.26. The average molecular weight is 334 g/mol. The molecule has 0 saturated heterocycles. The van der Waals surface area contributed by atoms with Crippen LogP contribution in [0, 0.1) is 13.8 Å². The highest BCUT2D eigenvalue weighted by atomic mass is 16.1. The molecule has 0 spiro atoms. The minimum absolute atomic E-state index is 0.0533. The van der Waals surface area contributed by atoms with Crippen molar-refractivity contribution < 1.29 is 4.79 Å². The van der Waals surface area contributed by atoms with E-state index in [9.17, 15) is 4.79 Å². The van der Waals surface area contributed by atoms with E-state index in [2.05, 4.69) is 20.6 Å². The van der Waals surface area contributed by atoms with Crippen LogP contribution in [0.25, 0.3) is 10.9 Å². The van der Waals surface area contributed by atoms with Crippen molar-refractivity contribution in [1.82, 2.24) is 15.3 Å². The first-order chi connectivity index (χ1) is 12.1. The molecule has 0 unspecified atom stereocenters. The Morgan fingerprint density at radius 2 is 2.00 bits per heavy atom. The summed E-state index contributed by atoms with van der Waals surface area (Å²) in [6.45, 7) is 5.32. The summed E-state index contributed by atoms with van der Waals surface area (Å²) in [5.74, 6) is -0.0533. The van der Waals surface area contributed by atoms with Gasteiger partial charge in [-0.25, -0.2) is 0 Å². The molecule has 128 valence electrons. The molecule has 0 fully saturated rings. The molecule has 0 radical (unpaired) electrons. The Morgan fingerprint density at radius 3 is 2.80 bits per heavy atom. The molecule has 1 aromatic carbocycles. The number of hydrogen-bond donors (Lipinski definition) is 2. The molecule has 0 atom stereocenters. The van der Waals surface area contributed by atoms with E-state index >= 15 is 0 Å². The maximum atomic E-state index is 12.6. The van der Waals surface area contributed by atoms with Crippen molar-refractivity contribution in [3.63, 3.8) is 0 Å². The first-order valence-corrected chi connectivity index (χ1v) is 8.43. The van der Waals surface area contributed by atoms with E-state index in [1.165, 1.54) is 0 Å². The third kappa shape index (κ3) is 4.32. The summed E-state index contributed by atoms with van der Waals surface area (Å²) in [5.41, 5.74) is 4.49. The van der Waals surface area contributed by atoms with Crippen molar-refractivity contribution >= 4 is 22.5 Å². The zero-order chi connectivity index (χ0) is 17.6. The maximum Gasteiger partial charge on any atom is 0.252 e. The van der Waals surface area contributed by atoms with Gasteiger partial charge in [-0.15, -0.1) is 0 Å². The molecule has 0 saturated carbocycles. The normalized spacial score (nSPS) is 10.6. The van der Waals surface area contributed by atoms with E-state index in [0.717, 1.165) is 40.8 Å². The Labute approximate surface area is 147 Å². The minimum atomic E-state index is -0.0533. The largest absolute Gasteiger partial charge is 0.384 e. The van der Waals surface area contributed by atoms with Gasteiger partial charge in [0.1, 0.15) is 0 Å².